The van der Waals surface area contributed by atoms with Crippen LogP contribution < -0.4 is 5.32 Å². The number of nitrogens with one attached hydrogen (secondary N) is 1. The largest absolute Gasteiger partial charge is 0.311 e. The molecule has 0 amide bonds. The molecule has 96 valence electrons. The van der Waals surface area contributed by atoms with Crippen molar-refractivity contribution in [2.45, 2.75) is 25.6 Å². The lowest BCUT2D eigenvalue weighted by Gasteiger charge is -2.21. The highest BCUT2D eigenvalue weighted by atomic mass is 32.2. The summed E-state index contributed by atoms with van der Waals surface area (Å²) in [6.45, 7) is 6.30. The van der Waals surface area contributed by atoms with Crippen LogP contribution in [-0.2, 0) is 13.6 Å². The van der Waals surface area contributed by atoms with Crippen molar-refractivity contribution in [2.75, 3.05) is 23.8 Å². The van der Waals surface area contributed by atoms with Crippen LogP contribution in [0.4, 0.5) is 0 Å². The lowest BCUT2D eigenvalue weighted by molar-refractivity contribution is 0.678. The summed E-state index contributed by atoms with van der Waals surface area (Å²) in [6, 6.07) is 0. The van der Waals surface area contributed by atoms with Gasteiger partial charge in [0.15, 0.2) is 0 Å². The Morgan fingerprint density at radius 1 is 1.41 bits per heavy atom. The van der Waals surface area contributed by atoms with Crippen molar-refractivity contribution >= 4 is 23.5 Å². The van der Waals surface area contributed by atoms with Gasteiger partial charge in [-0.1, -0.05) is 0 Å². The van der Waals surface area contributed by atoms with E-state index in [2.05, 4.69) is 47.8 Å². The van der Waals surface area contributed by atoms with Crippen LogP contribution in [0.25, 0.3) is 0 Å². The Hall–Kier alpha value is -0.130. The van der Waals surface area contributed by atoms with E-state index in [-0.39, 0.29) is 0 Å². The van der Waals surface area contributed by atoms with Crippen LogP contribution in [0.5, 0.6) is 0 Å². The molecule has 0 aliphatic carbocycles. The van der Waals surface area contributed by atoms with E-state index in [1.54, 1.807) is 0 Å². The van der Waals surface area contributed by atoms with Gasteiger partial charge in [-0.2, -0.15) is 28.6 Å². The average Bonchev–Trinajstić information content (AvgIpc) is 2.57. The first kappa shape index (κ1) is 13.3. The zero-order valence-corrected chi connectivity index (χ0v) is 12.5. The molecule has 1 aliphatic heterocycles. The molecule has 5 heteroatoms. The molecule has 3 nitrogen and oxygen atoms in total. The van der Waals surface area contributed by atoms with Crippen molar-refractivity contribution in [1.29, 1.82) is 0 Å². The molecule has 2 heterocycles. The van der Waals surface area contributed by atoms with E-state index in [0.29, 0.717) is 0 Å². The van der Waals surface area contributed by atoms with Gasteiger partial charge in [0.25, 0.3) is 0 Å². The Labute approximate surface area is 112 Å². The summed E-state index contributed by atoms with van der Waals surface area (Å²) in [5.74, 6) is 3.92. The zero-order chi connectivity index (χ0) is 12.3. The maximum absolute atomic E-state index is 4.44. The van der Waals surface area contributed by atoms with E-state index in [1.165, 1.54) is 28.5 Å². The quantitative estimate of drug-likeness (QED) is 0.907. The second-order valence-corrected chi connectivity index (χ2v) is 7.03. The monoisotopic (exact) mass is 271 g/mol. The molecule has 1 N–H and O–H groups in total. The second kappa shape index (κ2) is 6.16. The minimum Gasteiger partial charge on any atom is -0.311 e. The van der Waals surface area contributed by atoms with E-state index >= 15 is 0 Å². The predicted octanol–water partition coefficient (Wildman–Crippen LogP) is 1.98. The van der Waals surface area contributed by atoms with Crippen LogP contribution in [0.1, 0.15) is 17.0 Å². The molecule has 1 aromatic rings. The summed E-state index contributed by atoms with van der Waals surface area (Å²) in [5, 5.41) is 8.81. The molecule has 1 atom stereocenters. The van der Waals surface area contributed by atoms with Gasteiger partial charge in [0.1, 0.15) is 0 Å². The molecule has 0 bridgehead atoms. The number of nitrogens with zero attached hydrogens (tertiary/aromatic N) is 2. The summed E-state index contributed by atoms with van der Waals surface area (Å²) in [5.41, 5.74) is 3.80. The molecule has 2 rings (SSSR count). The van der Waals surface area contributed by atoms with E-state index in [4.69, 9.17) is 0 Å². The van der Waals surface area contributed by atoms with Crippen molar-refractivity contribution in [3.8, 4) is 0 Å². The third-order valence-corrected chi connectivity index (χ3v) is 6.06. The van der Waals surface area contributed by atoms with Crippen molar-refractivity contribution in [3.63, 3.8) is 0 Å². The van der Waals surface area contributed by atoms with E-state index in [0.717, 1.165) is 24.0 Å². The number of thioether (sulfide) groups is 2. The normalized spacial score (nSPS) is 20.8. The number of hydrogen-bond donors (Lipinski definition) is 1. The molecular formula is C12H21N3S2. The summed E-state index contributed by atoms with van der Waals surface area (Å²) in [6.07, 6.45) is 0. The highest BCUT2D eigenvalue weighted by Crippen LogP contribution is 2.23. The van der Waals surface area contributed by atoms with E-state index < -0.39 is 0 Å². The number of rotatable bonds is 4. The maximum atomic E-state index is 4.44. The van der Waals surface area contributed by atoms with Crippen LogP contribution in [-0.4, -0.2) is 38.8 Å². The first-order chi connectivity index (χ1) is 8.18. The smallest absolute Gasteiger partial charge is 0.0641 e. The van der Waals surface area contributed by atoms with Crippen LogP contribution in [0, 0.1) is 13.8 Å². The van der Waals surface area contributed by atoms with Gasteiger partial charge in [-0.3, -0.25) is 4.68 Å². The third kappa shape index (κ3) is 3.42. The summed E-state index contributed by atoms with van der Waals surface area (Å²) in [4.78, 5) is 0. The van der Waals surface area contributed by atoms with Gasteiger partial charge < -0.3 is 5.32 Å². The molecular weight excluding hydrogens is 250 g/mol. The van der Waals surface area contributed by atoms with Crippen molar-refractivity contribution < 1.29 is 0 Å². The van der Waals surface area contributed by atoms with Crippen LogP contribution in [0.15, 0.2) is 0 Å². The summed E-state index contributed by atoms with van der Waals surface area (Å²) >= 11 is 4.19. The Kier molecular flexibility index (Phi) is 4.82. The number of aromatic nitrogens is 2. The lowest BCUT2D eigenvalue weighted by Crippen LogP contribution is -2.28. The maximum Gasteiger partial charge on any atom is 0.0641 e. The molecule has 1 fully saturated rings. The second-order valence-electron chi connectivity index (χ2n) is 4.47. The van der Waals surface area contributed by atoms with Gasteiger partial charge in [-0.05, 0) is 13.8 Å². The topological polar surface area (TPSA) is 29.9 Å². The van der Waals surface area contributed by atoms with Gasteiger partial charge in [-0.15, -0.1) is 0 Å². The summed E-state index contributed by atoms with van der Waals surface area (Å²) < 4.78 is 1.97. The molecule has 0 aromatic carbocycles. The number of hydrogen-bond acceptors (Lipinski definition) is 4. The molecule has 1 aromatic heterocycles. The molecule has 1 unspecified atom stereocenters. The standard InChI is InChI=1S/C12H21N3S2/c1-9-12(10(2)15(3)14-9)7-13-6-11-8-16-4-5-17-11/h11,13H,4-8H2,1-3H3. The van der Waals surface area contributed by atoms with Crippen molar-refractivity contribution in [3.05, 3.63) is 17.0 Å². The van der Waals surface area contributed by atoms with Gasteiger partial charge in [0, 0.05) is 53.9 Å². The fourth-order valence-corrected chi connectivity index (χ4v) is 4.73. The van der Waals surface area contributed by atoms with Gasteiger partial charge in [0.2, 0.25) is 0 Å². The Bertz CT molecular complexity index is 370. The Morgan fingerprint density at radius 3 is 2.82 bits per heavy atom. The first-order valence-corrected chi connectivity index (χ1v) is 8.28. The third-order valence-electron chi connectivity index (χ3n) is 3.22. The van der Waals surface area contributed by atoms with Gasteiger partial charge in [-0.25, -0.2) is 0 Å². The van der Waals surface area contributed by atoms with Crippen molar-refractivity contribution in [2.24, 2.45) is 7.05 Å². The fourth-order valence-electron chi connectivity index (χ4n) is 2.09. The molecule has 0 saturated carbocycles. The van der Waals surface area contributed by atoms with Crippen molar-refractivity contribution in [1.82, 2.24) is 15.1 Å². The molecule has 17 heavy (non-hydrogen) atoms. The molecule has 1 aliphatic rings. The minimum absolute atomic E-state index is 0.783. The molecule has 0 radical (unpaired) electrons. The Balaban J connectivity index is 1.81. The van der Waals surface area contributed by atoms with Gasteiger partial charge >= 0.3 is 0 Å². The van der Waals surface area contributed by atoms with Gasteiger partial charge in [0.05, 0.1) is 5.69 Å². The molecule has 0 spiro atoms. The minimum atomic E-state index is 0.783. The average molecular weight is 271 g/mol. The summed E-state index contributed by atoms with van der Waals surface area (Å²) in [7, 11) is 2.01. The van der Waals surface area contributed by atoms with E-state index in [9.17, 15) is 0 Å². The highest BCUT2D eigenvalue weighted by Gasteiger charge is 2.14. The number of aryl methyl sites for hydroxylation is 2. The van der Waals surface area contributed by atoms with E-state index in [1.807, 2.05) is 11.7 Å². The highest BCUT2D eigenvalue weighted by molar-refractivity contribution is 8.06. The Morgan fingerprint density at radius 2 is 2.24 bits per heavy atom. The lowest BCUT2D eigenvalue weighted by atomic mass is 10.2. The SMILES string of the molecule is Cc1nn(C)c(C)c1CNCC1CSCCS1. The molecule has 1 saturated heterocycles. The first-order valence-electron chi connectivity index (χ1n) is 6.07. The predicted molar refractivity (Wildman–Crippen MR) is 78.0 cm³/mol. The zero-order valence-electron chi connectivity index (χ0n) is 10.8. The van der Waals surface area contributed by atoms with Crippen LogP contribution >= 0.6 is 23.5 Å². The fraction of sp³-hybridized carbons (Fsp3) is 0.750. The van der Waals surface area contributed by atoms with Crippen LogP contribution in [0.2, 0.25) is 0 Å². The van der Waals surface area contributed by atoms with Crippen LogP contribution in [0.3, 0.4) is 0 Å².